The molecular weight excluding hydrogens is 292 g/mol. The molecule has 20 heavy (non-hydrogen) atoms. The van der Waals surface area contributed by atoms with Gasteiger partial charge in [0.1, 0.15) is 11.6 Å². The van der Waals surface area contributed by atoms with Crippen molar-refractivity contribution in [2.75, 3.05) is 5.73 Å². The summed E-state index contributed by atoms with van der Waals surface area (Å²) in [7, 11) is -4.68. The fourth-order valence-corrected chi connectivity index (χ4v) is 2.40. The minimum Gasteiger partial charge on any atom is -0.399 e. The average Bonchev–Trinajstić information content (AvgIpc) is 2.08. The first kappa shape index (κ1) is 16.2. The molecule has 0 saturated heterocycles. The van der Waals surface area contributed by atoms with Crippen LogP contribution in [0.15, 0.2) is 17.0 Å². The number of anilines is 1. The Labute approximate surface area is 115 Å². The van der Waals surface area contributed by atoms with Crippen LogP contribution in [-0.2, 0) is 10.0 Å². The smallest absolute Gasteiger partial charge is 0.329 e. The molecule has 0 fully saturated rings. The average molecular weight is 307 g/mol. The number of nitrogens with one attached hydrogen (secondary N) is 2. The first-order valence-corrected chi connectivity index (χ1v) is 7.00. The number of halogens is 2. The van der Waals surface area contributed by atoms with Gasteiger partial charge in [-0.25, -0.2) is 26.7 Å². The molecule has 0 aliphatic rings. The largest absolute Gasteiger partial charge is 0.399 e. The molecule has 0 bridgehead atoms. The van der Waals surface area contributed by atoms with Gasteiger partial charge < -0.3 is 11.1 Å². The van der Waals surface area contributed by atoms with Crippen molar-refractivity contribution in [1.29, 1.82) is 0 Å². The molecule has 0 atom stereocenters. The van der Waals surface area contributed by atoms with E-state index >= 15 is 0 Å². The molecule has 0 aliphatic carbocycles. The van der Waals surface area contributed by atoms with E-state index in [9.17, 15) is 22.0 Å². The van der Waals surface area contributed by atoms with Crippen LogP contribution in [0.1, 0.15) is 20.8 Å². The standard InChI is InChI=1S/C11H15F2N3O3S/c1-11(2,3)15-10(17)16-20(18,19)9-7(12)4-6(14)5-8(9)13/h4-5H,14H2,1-3H3,(H2,15,16,17). The first-order valence-electron chi connectivity index (χ1n) is 5.52. The molecule has 112 valence electrons. The van der Waals surface area contributed by atoms with Crippen molar-refractivity contribution in [2.24, 2.45) is 0 Å². The number of amides is 2. The van der Waals surface area contributed by atoms with Gasteiger partial charge in [0.05, 0.1) is 0 Å². The summed E-state index contributed by atoms with van der Waals surface area (Å²) in [6, 6.07) is 0.214. The molecule has 4 N–H and O–H groups in total. The van der Waals surface area contributed by atoms with Crippen molar-refractivity contribution in [3.8, 4) is 0 Å². The number of rotatable bonds is 2. The van der Waals surface area contributed by atoms with Gasteiger partial charge in [-0.3, -0.25) is 0 Å². The lowest BCUT2D eigenvalue weighted by Gasteiger charge is -2.20. The second kappa shape index (κ2) is 5.23. The Balaban J connectivity index is 3.10. The number of carbonyl (C=O) groups excluding carboxylic acids is 1. The normalized spacial score (nSPS) is 12.1. The van der Waals surface area contributed by atoms with E-state index in [0.717, 1.165) is 0 Å². The number of benzene rings is 1. The molecular formula is C11H15F2N3O3S. The quantitative estimate of drug-likeness (QED) is 0.717. The predicted molar refractivity (Wildman–Crippen MR) is 69.4 cm³/mol. The van der Waals surface area contributed by atoms with Crippen LogP contribution in [0.3, 0.4) is 0 Å². The van der Waals surface area contributed by atoms with Crippen molar-refractivity contribution in [2.45, 2.75) is 31.2 Å². The maximum atomic E-state index is 13.5. The van der Waals surface area contributed by atoms with E-state index in [0.29, 0.717) is 12.1 Å². The maximum Gasteiger partial charge on any atom is 0.329 e. The van der Waals surface area contributed by atoms with Gasteiger partial charge in [-0.15, -0.1) is 0 Å². The van der Waals surface area contributed by atoms with E-state index in [1.165, 1.54) is 4.72 Å². The molecule has 0 unspecified atom stereocenters. The van der Waals surface area contributed by atoms with Gasteiger partial charge >= 0.3 is 6.03 Å². The Kier molecular flexibility index (Phi) is 4.23. The van der Waals surface area contributed by atoms with Crippen LogP contribution in [0.5, 0.6) is 0 Å². The van der Waals surface area contributed by atoms with E-state index in [4.69, 9.17) is 5.73 Å². The van der Waals surface area contributed by atoms with Gasteiger partial charge in [0.15, 0.2) is 4.90 Å². The number of hydrogen-bond acceptors (Lipinski definition) is 4. The van der Waals surface area contributed by atoms with E-state index < -0.39 is 38.1 Å². The summed E-state index contributed by atoms with van der Waals surface area (Å²) in [6.07, 6.45) is 0. The summed E-state index contributed by atoms with van der Waals surface area (Å²) in [6.45, 7) is 4.84. The summed E-state index contributed by atoms with van der Waals surface area (Å²) < 4.78 is 52.2. The van der Waals surface area contributed by atoms with Gasteiger partial charge in [0, 0.05) is 11.2 Å². The second-order valence-electron chi connectivity index (χ2n) is 5.12. The first-order chi connectivity index (χ1) is 8.92. The zero-order chi connectivity index (χ0) is 15.7. The molecule has 6 nitrogen and oxygen atoms in total. The molecule has 1 aromatic carbocycles. The highest BCUT2D eigenvalue weighted by atomic mass is 32.2. The zero-order valence-electron chi connectivity index (χ0n) is 11.1. The molecule has 0 heterocycles. The number of sulfonamides is 1. The summed E-state index contributed by atoms with van der Waals surface area (Å²) >= 11 is 0. The molecule has 0 aromatic heterocycles. The number of nitrogens with two attached hydrogens (primary N) is 1. The third kappa shape index (κ3) is 4.05. The van der Waals surface area contributed by atoms with Crippen LogP contribution < -0.4 is 15.8 Å². The van der Waals surface area contributed by atoms with Gasteiger partial charge in [-0.1, -0.05) is 0 Å². The summed E-state index contributed by atoms with van der Waals surface area (Å²) in [5.41, 5.74) is 4.21. The van der Waals surface area contributed by atoms with Gasteiger partial charge in [0.25, 0.3) is 10.0 Å². The number of urea groups is 1. The lowest BCUT2D eigenvalue weighted by molar-refractivity contribution is 0.237. The van der Waals surface area contributed by atoms with E-state index in [-0.39, 0.29) is 5.69 Å². The molecule has 0 spiro atoms. The maximum absolute atomic E-state index is 13.5. The summed E-state index contributed by atoms with van der Waals surface area (Å²) in [5, 5.41) is 2.30. The topological polar surface area (TPSA) is 101 Å². The third-order valence-electron chi connectivity index (χ3n) is 2.00. The lowest BCUT2D eigenvalue weighted by atomic mass is 10.1. The number of carbonyl (C=O) groups is 1. The molecule has 1 rings (SSSR count). The third-order valence-corrected chi connectivity index (χ3v) is 3.39. The zero-order valence-corrected chi connectivity index (χ0v) is 11.9. The molecule has 0 aliphatic heterocycles. The molecule has 1 aromatic rings. The van der Waals surface area contributed by atoms with Gasteiger partial charge in [0.2, 0.25) is 0 Å². The fourth-order valence-electron chi connectivity index (χ4n) is 1.38. The van der Waals surface area contributed by atoms with Gasteiger partial charge in [-0.2, -0.15) is 0 Å². The number of nitrogen functional groups attached to an aromatic ring is 1. The summed E-state index contributed by atoms with van der Waals surface area (Å²) in [4.78, 5) is 10.2. The van der Waals surface area contributed by atoms with Crippen molar-refractivity contribution < 1.29 is 22.0 Å². The fraction of sp³-hybridized carbons (Fsp3) is 0.364. The second-order valence-corrected chi connectivity index (χ2v) is 6.74. The predicted octanol–water partition coefficient (Wildman–Crippen LogP) is 1.33. The van der Waals surface area contributed by atoms with Crippen LogP contribution in [0.4, 0.5) is 19.3 Å². The van der Waals surface area contributed by atoms with E-state index in [2.05, 4.69) is 5.32 Å². The Morgan fingerprint density at radius 2 is 1.65 bits per heavy atom. The van der Waals surface area contributed by atoms with Gasteiger partial charge in [-0.05, 0) is 32.9 Å². The minimum atomic E-state index is -4.68. The molecule has 2 amide bonds. The SMILES string of the molecule is CC(C)(C)NC(=O)NS(=O)(=O)c1c(F)cc(N)cc1F. The van der Waals surface area contributed by atoms with Crippen LogP contribution >= 0.6 is 0 Å². The number of hydrogen-bond donors (Lipinski definition) is 3. The van der Waals surface area contributed by atoms with Crippen molar-refractivity contribution in [1.82, 2.24) is 10.0 Å². The Bertz CT molecular complexity index is 616. The highest BCUT2D eigenvalue weighted by Gasteiger charge is 2.27. The van der Waals surface area contributed by atoms with E-state index in [1.54, 1.807) is 20.8 Å². The highest BCUT2D eigenvalue weighted by molar-refractivity contribution is 7.90. The van der Waals surface area contributed by atoms with Crippen LogP contribution in [-0.4, -0.2) is 20.0 Å². The lowest BCUT2D eigenvalue weighted by Crippen LogP contribution is -2.48. The molecule has 9 heteroatoms. The monoisotopic (exact) mass is 307 g/mol. The minimum absolute atomic E-state index is 0.266. The van der Waals surface area contributed by atoms with Crippen LogP contribution in [0.2, 0.25) is 0 Å². The van der Waals surface area contributed by atoms with Crippen LogP contribution in [0.25, 0.3) is 0 Å². The van der Waals surface area contributed by atoms with Crippen molar-refractivity contribution in [3.05, 3.63) is 23.8 Å². The Morgan fingerprint density at radius 3 is 2.05 bits per heavy atom. The highest BCUT2D eigenvalue weighted by Crippen LogP contribution is 2.21. The van der Waals surface area contributed by atoms with Crippen molar-refractivity contribution in [3.63, 3.8) is 0 Å². The van der Waals surface area contributed by atoms with Crippen LogP contribution in [0, 0.1) is 11.6 Å². The molecule has 0 saturated carbocycles. The molecule has 0 radical (unpaired) electrons. The van der Waals surface area contributed by atoms with Crippen molar-refractivity contribution >= 4 is 21.7 Å². The van der Waals surface area contributed by atoms with E-state index in [1.807, 2.05) is 0 Å². The Hall–Kier alpha value is -1.90. The Morgan fingerprint density at radius 1 is 1.20 bits per heavy atom. The summed E-state index contributed by atoms with van der Waals surface area (Å²) in [5.74, 6) is -2.75.